The normalized spacial score (nSPS) is 17.1. The van der Waals surface area contributed by atoms with Crippen molar-refractivity contribution in [3.05, 3.63) is 65.1 Å². The minimum absolute atomic E-state index is 0.0208. The van der Waals surface area contributed by atoms with Gasteiger partial charge in [-0.1, -0.05) is 41.9 Å². The first-order chi connectivity index (χ1) is 17.2. The van der Waals surface area contributed by atoms with Gasteiger partial charge in [-0.3, -0.25) is 14.2 Å². The molecule has 3 aromatic rings. The van der Waals surface area contributed by atoms with Gasteiger partial charge >= 0.3 is 18.0 Å². The van der Waals surface area contributed by atoms with Gasteiger partial charge in [-0.2, -0.15) is 0 Å². The molecular weight excluding hydrogens is 493 g/mol. The number of fused-ring (bicyclic) bond motifs is 1. The SMILES string of the molecule is COC(=O)[C@H]1C[C@@H](C(=O)NCc2cccc(Cl)c2F)N(C(=O)Nc2cn(C(N)=O)c3ccccc23)C1. The molecule has 1 fully saturated rings. The van der Waals surface area contributed by atoms with Crippen LogP contribution in [0.4, 0.5) is 19.7 Å². The number of hydrogen-bond acceptors (Lipinski definition) is 5. The number of carbonyl (C=O) groups excluding carboxylic acids is 4. The fraction of sp³-hybridized carbons (Fsp3) is 0.250. The first kappa shape index (κ1) is 25.0. The molecule has 2 atom stereocenters. The summed E-state index contributed by atoms with van der Waals surface area (Å²) in [5.74, 6) is -2.52. The highest BCUT2D eigenvalue weighted by Gasteiger charge is 2.43. The smallest absolute Gasteiger partial charge is 0.323 e. The van der Waals surface area contributed by atoms with Crippen molar-refractivity contribution in [2.24, 2.45) is 11.7 Å². The second-order valence-electron chi connectivity index (χ2n) is 8.25. The minimum atomic E-state index is -1.03. The molecule has 0 saturated carbocycles. The van der Waals surface area contributed by atoms with Gasteiger partial charge in [0.2, 0.25) is 5.91 Å². The zero-order valence-electron chi connectivity index (χ0n) is 19.2. The summed E-state index contributed by atoms with van der Waals surface area (Å²) >= 11 is 5.80. The van der Waals surface area contributed by atoms with Gasteiger partial charge in [0.1, 0.15) is 11.9 Å². The fourth-order valence-corrected chi connectivity index (χ4v) is 4.47. The van der Waals surface area contributed by atoms with E-state index in [2.05, 4.69) is 10.6 Å². The summed E-state index contributed by atoms with van der Waals surface area (Å²) in [7, 11) is 1.22. The maximum atomic E-state index is 14.2. The van der Waals surface area contributed by atoms with Gasteiger partial charge < -0.3 is 26.0 Å². The molecule has 4 amide bonds. The largest absolute Gasteiger partial charge is 0.469 e. The maximum absolute atomic E-state index is 14.2. The Hall–Kier alpha value is -4.12. The molecule has 1 aliphatic heterocycles. The second-order valence-corrected chi connectivity index (χ2v) is 8.66. The first-order valence-corrected chi connectivity index (χ1v) is 11.3. The van der Waals surface area contributed by atoms with E-state index in [9.17, 15) is 23.6 Å². The average Bonchev–Trinajstić information content (AvgIpc) is 3.47. The van der Waals surface area contributed by atoms with Crippen LogP contribution in [0.15, 0.2) is 48.7 Å². The Bertz CT molecular complexity index is 1360. The number of urea groups is 1. The number of aromatic nitrogens is 1. The summed E-state index contributed by atoms with van der Waals surface area (Å²) in [6.45, 7) is -0.233. The van der Waals surface area contributed by atoms with Crippen molar-refractivity contribution in [3.63, 3.8) is 0 Å². The number of anilines is 1. The van der Waals surface area contributed by atoms with Crippen molar-refractivity contribution < 1.29 is 28.3 Å². The standard InChI is InChI=1S/C24H23ClFN5O5/c1-36-22(33)14-9-19(21(32)28-10-13-5-4-7-16(25)20(13)26)31(11-14)24(35)29-17-12-30(23(27)34)18-8-3-2-6-15(17)18/h2-8,12,14,19H,9-11H2,1H3,(H2,27,34)(H,28,32)(H,29,35)/t14-,19-/m0/s1. The zero-order chi connectivity index (χ0) is 26.0. The topological polar surface area (TPSA) is 136 Å². The third-order valence-corrected chi connectivity index (χ3v) is 6.37. The number of benzene rings is 2. The van der Waals surface area contributed by atoms with Gasteiger partial charge in [0.25, 0.3) is 0 Å². The molecular formula is C24H23ClFN5O5. The molecule has 2 aromatic carbocycles. The summed E-state index contributed by atoms with van der Waals surface area (Å²) < 4.78 is 20.2. The van der Waals surface area contributed by atoms with E-state index < -0.39 is 41.7 Å². The van der Waals surface area contributed by atoms with Crippen LogP contribution in [0.25, 0.3) is 10.9 Å². The van der Waals surface area contributed by atoms with Gasteiger partial charge in [0.05, 0.1) is 29.3 Å². The summed E-state index contributed by atoms with van der Waals surface area (Å²) in [6, 6.07) is 8.83. The van der Waals surface area contributed by atoms with E-state index in [-0.39, 0.29) is 30.1 Å². The van der Waals surface area contributed by atoms with Crippen LogP contribution in [0.1, 0.15) is 12.0 Å². The number of halogens is 2. The number of methoxy groups -OCH3 is 1. The number of rotatable bonds is 5. The summed E-state index contributed by atoms with van der Waals surface area (Å²) in [6.07, 6.45) is 1.41. The van der Waals surface area contributed by atoms with Crippen LogP contribution in [-0.4, -0.2) is 53.1 Å². The molecule has 0 bridgehead atoms. The molecule has 12 heteroatoms. The van der Waals surface area contributed by atoms with Crippen LogP contribution in [-0.2, 0) is 20.9 Å². The van der Waals surface area contributed by atoms with E-state index in [1.807, 2.05) is 0 Å². The van der Waals surface area contributed by atoms with Gasteiger partial charge in [-0.05, 0) is 18.6 Å². The highest BCUT2D eigenvalue weighted by atomic mass is 35.5. The van der Waals surface area contributed by atoms with Crippen LogP contribution < -0.4 is 16.4 Å². The van der Waals surface area contributed by atoms with Crippen LogP contribution in [0.3, 0.4) is 0 Å². The molecule has 0 spiro atoms. The number of para-hydroxylation sites is 1. The summed E-state index contributed by atoms with van der Waals surface area (Å²) in [5, 5.41) is 5.79. The van der Waals surface area contributed by atoms with Crippen LogP contribution in [0.5, 0.6) is 0 Å². The molecule has 0 unspecified atom stereocenters. The molecule has 4 rings (SSSR count). The van der Waals surface area contributed by atoms with Crippen molar-refractivity contribution in [2.45, 2.75) is 19.0 Å². The highest BCUT2D eigenvalue weighted by molar-refractivity contribution is 6.30. The zero-order valence-corrected chi connectivity index (χ0v) is 19.9. The summed E-state index contributed by atoms with van der Waals surface area (Å²) in [5.41, 5.74) is 6.41. The molecule has 2 heterocycles. The lowest BCUT2D eigenvalue weighted by molar-refractivity contribution is -0.144. The minimum Gasteiger partial charge on any atom is -0.469 e. The van der Waals surface area contributed by atoms with Crippen molar-refractivity contribution in [2.75, 3.05) is 19.0 Å². The Morgan fingerprint density at radius 2 is 1.92 bits per heavy atom. The molecule has 188 valence electrons. The third kappa shape index (κ3) is 4.82. The predicted molar refractivity (Wildman–Crippen MR) is 130 cm³/mol. The van der Waals surface area contributed by atoms with E-state index in [1.165, 1.54) is 34.9 Å². The number of esters is 1. The van der Waals surface area contributed by atoms with E-state index in [4.69, 9.17) is 22.1 Å². The predicted octanol–water partition coefficient (Wildman–Crippen LogP) is 3.07. The van der Waals surface area contributed by atoms with Gasteiger partial charge in [0.15, 0.2) is 0 Å². The monoisotopic (exact) mass is 515 g/mol. The number of ether oxygens (including phenoxy) is 1. The Morgan fingerprint density at radius 3 is 2.64 bits per heavy atom. The number of nitrogens with two attached hydrogens (primary N) is 1. The molecule has 36 heavy (non-hydrogen) atoms. The number of nitrogens with one attached hydrogen (secondary N) is 2. The van der Waals surface area contributed by atoms with Gasteiger partial charge in [0, 0.05) is 30.2 Å². The third-order valence-electron chi connectivity index (χ3n) is 6.07. The lowest BCUT2D eigenvalue weighted by Crippen LogP contribution is -2.47. The molecule has 1 aromatic heterocycles. The van der Waals surface area contributed by atoms with Crippen molar-refractivity contribution in [1.29, 1.82) is 0 Å². The number of likely N-dealkylation sites (tertiary alicyclic amines) is 1. The Balaban J connectivity index is 1.56. The van der Waals surface area contributed by atoms with Crippen molar-refractivity contribution in [1.82, 2.24) is 14.8 Å². The van der Waals surface area contributed by atoms with Gasteiger partial charge in [-0.25, -0.2) is 14.0 Å². The van der Waals surface area contributed by atoms with E-state index in [0.717, 1.165) is 0 Å². The maximum Gasteiger partial charge on any atom is 0.323 e. The van der Waals surface area contributed by atoms with Crippen LogP contribution in [0.2, 0.25) is 5.02 Å². The van der Waals surface area contributed by atoms with E-state index in [0.29, 0.717) is 16.6 Å². The number of carbonyl (C=O) groups is 4. The van der Waals surface area contributed by atoms with Crippen molar-refractivity contribution in [3.8, 4) is 0 Å². The Kier molecular flexibility index (Phi) is 7.11. The van der Waals surface area contributed by atoms with Crippen molar-refractivity contribution >= 4 is 52.1 Å². The number of nitrogens with zero attached hydrogens (tertiary/aromatic N) is 2. The lowest BCUT2D eigenvalue weighted by atomic mass is 10.1. The molecule has 4 N–H and O–H groups in total. The number of primary amides is 1. The molecule has 1 aliphatic rings. The fourth-order valence-electron chi connectivity index (χ4n) is 4.28. The number of amides is 4. The lowest BCUT2D eigenvalue weighted by Gasteiger charge is -2.24. The van der Waals surface area contributed by atoms with Crippen LogP contribution in [0, 0.1) is 11.7 Å². The molecule has 1 saturated heterocycles. The second kappa shape index (κ2) is 10.2. The van der Waals surface area contributed by atoms with E-state index >= 15 is 0 Å². The number of hydrogen-bond donors (Lipinski definition) is 3. The molecule has 0 radical (unpaired) electrons. The Morgan fingerprint density at radius 1 is 1.17 bits per heavy atom. The Labute approximate surface area is 210 Å². The molecule has 10 nitrogen and oxygen atoms in total. The van der Waals surface area contributed by atoms with E-state index in [1.54, 1.807) is 30.3 Å². The quantitative estimate of drug-likeness (QED) is 0.449. The van der Waals surface area contributed by atoms with Gasteiger partial charge in [-0.15, -0.1) is 0 Å². The highest BCUT2D eigenvalue weighted by Crippen LogP contribution is 2.29. The first-order valence-electron chi connectivity index (χ1n) is 11.0. The van der Waals surface area contributed by atoms with Crippen LogP contribution >= 0.6 is 11.6 Å². The average molecular weight is 516 g/mol. The summed E-state index contributed by atoms with van der Waals surface area (Å²) in [4.78, 5) is 51.5. The molecule has 0 aliphatic carbocycles.